The van der Waals surface area contributed by atoms with Gasteiger partial charge in [-0.1, -0.05) is 6.07 Å². The minimum atomic E-state index is -3.88. The number of rotatable bonds is 4. The van der Waals surface area contributed by atoms with Crippen molar-refractivity contribution in [3.05, 3.63) is 29.6 Å². The van der Waals surface area contributed by atoms with Gasteiger partial charge in [0.05, 0.1) is 0 Å². The molecule has 0 aliphatic carbocycles. The van der Waals surface area contributed by atoms with Gasteiger partial charge in [0.1, 0.15) is 22.3 Å². The molecular formula is C10H10ClFN2O2S. The topological polar surface area (TPSA) is 61.2 Å². The fourth-order valence-electron chi connectivity index (χ4n) is 1.23. The SMILES string of the molecule is CN(CCCl)S(=O)(=O)c1cccc(F)c1C#N. The first-order chi connectivity index (χ1) is 7.95. The molecule has 0 bridgehead atoms. The molecule has 92 valence electrons. The average Bonchev–Trinajstić information content (AvgIpc) is 2.29. The van der Waals surface area contributed by atoms with Gasteiger partial charge in [-0.05, 0) is 12.1 Å². The van der Waals surface area contributed by atoms with Crippen molar-refractivity contribution in [2.45, 2.75) is 4.90 Å². The normalized spacial score (nSPS) is 11.5. The van der Waals surface area contributed by atoms with E-state index < -0.39 is 21.4 Å². The maximum atomic E-state index is 13.3. The van der Waals surface area contributed by atoms with Gasteiger partial charge in [-0.3, -0.25) is 0 Å². The molecule has 0 saturated heterocycles. The van der Waals surface area contributed by atoms with E-state index in [9.17, 15) is 12.8 Å². The molecule has 17 heavy (non-hydrogen) atoms. The van der Waals surface area contributed by atoms with Gasteiger partial charge in [-0.25, -0.2) is 12.8 Å². The van der Waals surface area contributed by atoms with Crippen LogP contribution in [0.4, 0.5) is 4.39 Å². The Hall–Kier alpha value is -1.16. The van der Waals surface area contributed by atoms with E-state index in [2.05, 4.69) is 0 Å². The minimum absolute atomic E-state index is 0.0886. The second-order valence-electron chi connectivity index (χ2n) is 3.24. The van der Waals surface area contributed by atoms with Crippen molar-refractivity contribution in [1.82, 2.24) is 4.31 Å². The van der Waals surface area contributed by atoms with Crippen molar-refractivity contribution in [1.29, 1.82) is 5.26 Å². The Kier molecular flexibility index (Phi) is 4.46. The van der Waals surface area contributed by atoms with Crippen LogP contribution in [-0.2, 0) is 10.0 Å². The summed E-state index contributed by atoms with van der Waals surface area (Å²) in [5, 5.41) is 8.78. The molecule has 1 aromatic carbocycles. The second-order valence-corrected chi connectivity index (χ2v) is 5.63. The Morgan fingerprint density at radius 2 is 2.18 bits per heavy atom. The van der Waals surface area contributed by atoms with Gasteiger partial charge < -0.3 is 0 Å². The number of hydrogen-bond donors (Lipinski definition) is 0. The summed E-state index contributed by atoms with van der Waals surface area (Å²) in [6, 6.07) is 5.04. The summed E-state index contributed by atoms with van der Waals surface area (Å²) in [6.45, 7) is 0.0886. The summed E-state index contributed by atoms with van der Waals surface area (Å²) in [7, 11) is -2.56. The van der Waals surface area contributed by atoms with Crippen molar-refractivity contribution in [3.8, 4) is 6.07 Å². The van der Waals surface area contributed by atoms with Crippen molar-refractivity contribution in [2.75, 3.05) is 19.5 Å². The molecule has 0 aliphatic rings. The summed E-state index contributed by atoms with van der Waals surface area (Å²) in [5.41, 5.74) is -0.478. The number of alkyl halides is 1. The Morgan fingerprint density at radius 3 is 2.71 bits per heavy atom. The first-order valence-corrected chi connectivity index (χ1v) is 6.63. The highest BCUT2D eigenvalue weighted by Crippen LogP contribution is 2.21. The van der Waals surface area contributed by atoms with E-state index in [1.165, 1.54) is 19.2 Å². The molecule has 0 spiro atoms. The van der Waals surface area contributed by atoms with E-state index in [4.69, 9.17) is 16.9 Å². The summed E-state index contributed by atoms with van der Waals surface area (Å²) >= 11 is 5.45. The first kappa shape index (κ1) is 13.9. The zero-order chi connectivity index (χ0) is 13.1. The third kappa shape index (κ3) is 2.75. The minimum Gasteiger partial charge on any atom is -0.207 e. The van der Waals surface area contributed by atoms with Crippen LogP contribution in [0, 0.1) is 17.1 Å². The third-order valence-corrected chi connectivity index (χ3v) is 4.24. The smallest absolute Gasteiger partial charge is 0.207 e. The zero-order valence-electron chi connectivity index (χ0n) is 9.02. The van der Waals surface area contributed by atoms with Gasteiger partial charge in [0.25, 0.3) is 0 Å². The van der Waals surface area contributed by atoms with Gasteiger partial charge in [0, 0.05) is 19.5 Å². The van der Waals surface area contributed by atoms with Gasteiger partial charge in [-0.15, -0.1) is 11.6 Å². The quantitative estimate of drug-likeness (QED) is 0.784. The lowest BCUT2D eigenvalue weighted by Crippen LogP contribution is -2.29. The summed E-state index contributed by atoms with van der Waals surface area (Å²) in [5.74, 6) is -0.736. The van der Waals surface area contributed by atoms with Crippen LogP contribution < -0.4 is 0 Å². The van der Waals surface area contributed by atoms with Crippen LogP contribution in [-0.4, -0.2) is 32.2 Å². The first-order valence-electron chi connectivity index (χ1n) is 4.66. The standard InChI is InChI=1S/C10H10ClFN2O2S/c1-14(6-5-11)17(15,16)10-4-2-3-9(12)8(10)7-13/h2-4H,5-6H2,1H3. The van der Waals surface area contributed by atoms with Crippen LogP contribution in [0.1, 0.15) is 5.56 Å². The van der Waals surface area contributed by atoms with E-state index in [-0.39, 0.29) is 17.3 Å². The maximum absolute atomic E-state index is 13.3. The molecule has 4 nitrogen and oxygen atoms in total. The second kappa shape index (κ2) is 5.45. The Balaban J connectivity index is 3.35. The predicted octanol–water partition coefficient (Wildman–Crippen LogP) is 1.56. The van der Waals surface area contributed by atoms with Crippen molar-refractivity contribution in [2.24, 2.45) is 0 Å². The molecule has 0 fully saturated rings. The lowest BCUT2D eigenvalue weighted by Gasteiger charge is -2.16. The molecule has 0 N–H and O–H groups in total. The monoisotopic (exact) mass is 276 g/mol. The number of nitrogens with zero attached hydrogens (tertiary/aromatic N) is 2. The van der Waals surface area contributed by atoms with Gasteiger partial charge in [0.15, 0.2) is 0 Å². The highest BCUT2D eigenvalue weighted by molar-refractivity contribution is 7.89. The lowest BCUT2D eigenvalue weighted by molar-refractivity contribution is 0.486. The van der Waals surface area contributed by atoms with Gasteiger partial charge in [0.2, 0.25) is 10.0 Å². The molecule has 1 aromatic rings. The maximum Gasteiger partial charge on any atom is 0.244 e. The number of nitriles is 1. The molecule has 0 aliphatic heterocycles. The molecule has 0 radical (unpaired) electrons. The van der Waals surface area contributed by atoms with Gasteiger partial charge >= 0.3 is 0 Å². The molecule has 0 aromatic heterocycles. The number of benzene rings is 1. The number of halogens is 2. The summed E-state index contributed by atoms with van der Waals surface area (Å²) in [6.07, 6.45) is 0. The van der Waals surface area contributed by atoms with E-state index >= 15 is 0 Å². The summed E-state index contributed by atoms with van der Waals surface area (Å²) in [4.78, 5) is -0.340. The highest BCUT2D eigenvalue weighted by atomic mass is 35.5. The van der Waals surface area contributed by atoms with Crippen LogP contribution in [0.25, 0.3) is 0 Å². The van der Waals surface area contributed by atoms with Crippen LogP contribution in [0.3, 0.4) is 0 Å². The third-order valence-electron chi connectivity index (χ3n) is 2.17. The van der Waals surface area contributed by atoms with Crippen molar-refractivity contribution < 1.29 is 12.8 Å². The molecule has 0 unspecified atom stereocenters. The van der Waals surface area contributed by atoms with Crippen LogP contribution >= 0.6 is 11.6 Å². The highest BCUT2D eigenvalue weighted by Gasteiger charge is 2.25. The van der Waals surface area contributed by atoms with E-state index in [1.54, 1.807) is 6.07 Å². The average molecular weight is 277 g/mol. The molecule has 7 heteroatoms. The fourth-order valence-corrected chi connectivity index (χ4v) is 2.91. The van der Waals surface area contributed by atoms with Crippen LogP contribution in [0.2, 0.25) is 0 Å². The van der Waals surface area contributed by atoms with E-state index in [0.29, 0.717) is 0 Å². The molecule has 0 atom stereocenters. The fraction of sp³-hybridized carbons (Fsp3) is 0.300. The lowest BCUT2D eigenvalue weighted by atomic mass is 10.2. The largest absolute Gasteiger partial charge is 0.244 e. The summed E-state index contributed by atoms with van der Waals surface area (Å²) < 4.78 is 38.3. The number of sulfonamides is 1. The number of hydrogen-bond acceptors (Lipinski definition) is 3. The molecule has 0 heterocycles. The van der Waals surface area contributed by atoms with Gasteiger partial charge in [-0.2, -0.15) is 9.57 Å². The Bertz CT molecular complexity index is 554. The van der Waals surface area contributed by atoms with Crippen molar-refractivity contribution >= 4 is 21.6 Å². The Labute approximate surface area is 104 Å². The molecule has 1 rings (SSSR count). The van der Waals surface area contributed by atoms with E-state index in [0.717, 1.165) is 10.4 Å². The predicted molar refractivity (Wildman–Crippen MR) is 61.7 cm³/mol. The van der Waals surface area contributed by atoms with Crippen molar-refractivity contribution in [3.63, 3.8) is 0 Å². The molecule has 0 amide bonds. The van der Waals surface area contributed by atoms with Crippen LogP contribution in [0.5, 0.6) is 0 Å². The Morgan fingerprint density at radius 1 is 1.53 bits per heavy atom. The zero-order valence-corrected chi connectivity index (χ0v) is 10.6. The van der Waals surface area contributed by atoms with Crippen LogP contribution in [0.15, 0.2) is 23.1 Å². The molecular weight excluding hydrogens is 267 g/mol. The van der Waals surface area contributed by atoms with E-state index in [1.807, 2.05) is 0 Å². The molecule has 0 saturated carbocycles.